The van der Waals surface area contributed by atoms with Crippen LogP contribution in [0.2, 0.25) is 0 Å². The summed E-state index contributed by atoms with van der Waals surface area (Å²) < 4.78 is 0. The molecule has 1 amide bonds. The molecule has 1 saturated heterocycles. The monoisotopic (exact) mass is 402 g/mol. The van der Waals surface area contributed by atoms with Crippen molar-refractivity contribution in [2.75, 3.05) is 6.54 Å². The predicted molar refractivity (Wildman–Crippen MR) is 121 cm³/mol. The Morgan fingerprint density at radius 3 is 2.59 bits per heavy atom. The van der Waals surface area contributed by atoms with E-state index >= 15 is 0 Å². The third-order valence-corrected chi connectivity index (χ3v) is 6.40. The summed E-state index contributed by atoms with van der Waals surface area (Å²) in [6.07, 6.45) is 8.53. The van der Waals surface area contributed by atoms with Gasteiger partial charge in [0.25, 0.3) is 5.91 Å². The average molecular weight is 403 g/mol. The minimum Gasteiger partial charge on any atom is -0.334 e. The van der Waals surface area contributed by atoms with Gasteiger partial charge >= 0.3 is 0 Å². The molecule has 1 aromatic heterocycles. The van der Waals surface area contributed by atoms with Crippen LogP contribution < -0.4 is 0 Å². The molecule has 0 radical (unpaired) electrons. The summed E-state index contributed by atoms with van der Waals surface area (Å²) in [5, 5.41) is 0.935. The minimum absolute atomic E-state index is 0.0750. The quantitative estimate of drug-likeness (QED) is 0.508. The van der Waals surface area contributed by atoms with Crippen molar-refractivity contribution in [2.24, 2.45) is 0 Å². The number of benzene rings is 2. The highest BCUT2D eigenvalue weighted by molar-refractivity contribution is 7.15. The van der Waals surface area contributed by atoms with Gasteiger partial charge in [0, 0.05) is 12.6 Å². The second-order valence-electron chi connectivity index (χ2n) is 7.47. The molecule has 0 bridgehead atoms. The second kappa shape index (κ2) is 9.19. The molecule has 0 saturated carbocycles. The zero-order chi connectivity index (χ0) is 20.1. The maximum absolute atomic E-state index is 13.5. The Hall–Kier alpha value is -2.72. The zero-order valence-corrected chi connectivity index (χ0v) is 17.6. The summed E-state index contributed by atoms with van der Waals surface area (Å²) in [7, 11) is 0. The van der Waals surface area contributed by atoms with Crippen molar-refractivity contribution in [3.05, 3.63) is 83.0 Å². The van der Waals surface area contributed by atoms with E-state index in [1.807, 2.05) is 43.3 Å². The van der Waals surface area contributed by atoms with Crippen LogP contribution in [0, 0.1) is 6.92 Å². The summed E-state index contributed by atoms with van der Waals surface area (Å²) in [6, 6.07) is 20.7. The highest BCUT2D eigenvalue weighted by atomic mass is 32.1. The van der Waals surface area contributed by atoms with Crippen LogP contribution in [0.4, 0.5) is 0 Å². The van der Waals surface area contributed by atoms with E-state index in [-0.39, 0.29) is 11.9 Å². The van der Waals surface area contributed by atoms with Gasteiger partial charge in [0.15, 0.2) is 0 Å². The lowest BCUT2D eigenvalue weighted by atomic mass is 9.98. The Labute approximate surface area is 176 Å². The van der Waals surface area contributed by atoms with Gasteiger partial charge in [-0.05, 0) is 43.7 Å². The standard InChI is InChI=1S/C25H26N2OS/c1-19-26-23(24(29-19)21-14-6-3-7-15-21)25(28)27-18-9-8-16-22(27)17-10-13-20-11-4-2-5-12-20/h2-7,10-15,22H,8-9,16-18H2,1H3/b13-10+. The van der Waals surface area contributed by atoms with Gasteiger partial charge in [-0.15, -0.1) is 11.3 Å². The fourth-order valence-corrected chi connectivity index (χ4v) is 4.85. The molecule has 3 nitrogen and oxygen atoms in total. The Kier molecular flexibility index (Phi) is 6.20. The summed E-state index contributed by atoms with van der Waals surface area (Å²) in [4.78, 5) is 21.2. The number of nitrogens with zero attached hydrogens (tertiary/aromatic N) is 2. The molecule has 148 valence electrons. The van der Waals surface area contributed by atoms with Crippen LogP contribution in [0.5, 0.6) is 0 Å². The molecule has 4 heteroatoms. The maximum Gasteiger partial charge on any atom is 0.274 e. The van der Waals surface area contributed by atoms with Crippen molar-refractivity contribution in [1.29, 1.82) is 0 Å². The first kappa shape index (κ1) is 19.6. The molecule has 2 heterocycles. The fourth-order valence-electron chi connectivity index (χ4n) is 3.93. The van der Waals surface area contributed by atoms with Crippen LogP contribution in [-0.4, -0.2) is 28.4 Å². The molecule has 1 atom stereocenters. The molecule has 0 aliphatic carbocycles. The molecule has 3 aromatic rings. The first-order chi connectivity index (χ1) is 14.2. The molecule has 1 aliphatic heterocycles. The third kappa shape index (κ3) is 4.65. The van der Waals surface area contributed by atoms with Crippen molar-refractivity contribution in [3.63, 3.8) is 0 Å². The summed E-state index contributed by atoms with van der Waals surface area (Å²) in [5.74, 6) is 0.0750. The molecule has 29 heavy (non-hydrogen) atoms. The van der Waals surface area contributed by atoms with Crippen LogP contribution in [-0.2, 0) is 0 Å². The molecule has 0 N–H and O–H groups in total. The Morgan fingerprint density at radius 1 is 1.10 bits per heavy atom. The SMILES string of the molecule is Cc1nc(C(=O)N2CCCCC2C/C=C/c2ccccc2)c(-c2ccccc2)s1. The first-order valence-corrected chi connectivity index (χ1v) is 11.1. The van der Waals surface area contributed by atoms with Crippen LogP contribution >= 0.6 is 11.3 Å². The van der Waals surface area contributed by atoms with E-state index in [2.05, 4.69) is 46.3 Å². The van der Waals surface area contributed by atoms with Gasteiger partial charge < -0.3 is 4.90 Å². The van der Waals surface area contributed by atoms with E-state index in [0.29, 0.717) is 5.69 Å². The number of carbonyl (C=O) groups excluding carboxylic acids is 1. The fraction of sp³-hybridized carbons (Fsp3) is 0.280. The number of rotatable bonds is 5. The lowest BCUT2D eigenvalue weighted by molar-refractivity contribution is 0.0612. The van der Waals surface area contributed by atoms with Crippen molar-refractivity contribution in [1.82, 2.24) is 9.88 Å². The van der Waals surface area contributed by atoms with Gasteiger partial charge in [0.2, 0.25) is 0 Å². The van der Waals surface area contributed by atoms with Crippen molar-refractivity contribution in [2.45, 2.75) is 38.6 Å². The second-order valence-corrected chi connectivity index (χ2v) is 8.68. The number of piperidine rings is 1. The topological polar surface area (TPSA) is 33.2 Å². The summed E-state index contributed by atoms with van der Waals surface area (Å²) in [5.41, 5.74) is 2.87. The largest absolute Gasteiger partial charge is 0.334 e. The molecular weight excluding hydrogens is 376 g/mol. The normalized spacial score (nSPS) is 17.0. The van der Waals surface area contributed by atoms with Gasteiger partial charge in [0.1, 0.15) is 5.69 Å². The van der Waals surface area contributed by atoms with Crippen LogP contribution in [0.25, 0.3) is 16.5 Å². The number of thiazole rings is 1. The van der Waals surface area contributed by atoms with E-state index in [0.717, 1.165) is 41.3 Å². The molecule has 1 unspecified atom stereocenters. The van der Waals surface area contributed by atoms with E-state index < -0.39 is 0 Å². The highest BCUT2D eigenvalue weighted by Crippen LogP contribution is 2.32. The van der Waals surface area contributed by atoms with E-state index in [1.165, 1.54) is 12.0 Å². The number of hydrogen-bond donors (Lipinski definition) is 0. The van der Waals surface area contributed by atoms with Gasteiger partial charge in [-0.2, -0.15) is 0 Å². The Bertz CT molecular complexity index is 979. The predicted octanol–water partition coefficient (Wildman–Crippen LogP) is 6.22. The molecule has 4 rings (SSSR count). The average Bonchev–Trinajstić information content (AvgIpc) is 3.17. The third-order valence-electron chi connectivity index (χ3n) is 5.38. The molecule has 0 spiro atoms. The number of aryl methyl sites for hydroxylation is 1. The number of hydrogen-bond acceptors (Lipinski definition) is 3. The van der Waals surface area contributed by atoms with E-state index in [1.54, 1.807) is 11.3 Å². The first-order valence-electron chi connectivity index (χ1n) is 10.3. The summed E-state index contributed by atoms with van der Waals surface area (Å²) >= 11 is 1.60. The smallest absolute Gasteiger partial charge is 0.274 e. The van der Waals surface area contributed by atoms with Crippen LogP contribution in [0.1, 0.15) is 46.7 Å². The number of carbonyl (C=O) groups is 1. The Morgan fingerprint density at radius 2 is 1.83 bits per heavy atom. The number of aromatic nitrogens is 1. The lowest BCUT2D eigenvalue weighted by Crippen LogP contribution is -2.43. The Balaban J connectivity index is 1.54. The van der Waals surface area contributed by atoms with E-state index in [4.69, 9.17) is 0 Å². The van der Waals surface area contributed by atoms with E-state index in [9.17, 15) is 4.79 Å². The highest BCUT2D eigenvalue weighted by Gasteiger charge is 2.30. The van der Waals surface area contributed by atoms with Crippen LogP contribution in [0.15, 0.2) is 66.7 Å². The number of amides is 1. The lowest BCUT2D eigenvalue weighted by Gasteiger charge is -2.35. The van der Waals surface area contributed by atoms with Crippen molar-refractivity contribution < 1.29 is 4.79 Å². The molecule has 1 aliphatic rings. The maximum atomic E-state index is 13.5. The molecule has 2 aromatic carbocycles. The van der Waals surface area contributed by atoms with Crippen molar-refractivity contribution in [3.8, 4) is 10.4 Å². The molecule has 1 fully saturated rings. The zero-order valence-electron chi connectivity index (χ0n) is 16.8. The summed E-state index contributed by atoms with van der Waals surface area (Å²) in [6.45, 7) is 2.79. The van der Waals surface area contributed by atoms with Gasteiger partial charge in [-0.1, -0.05) is 72.8 Å². The minimum atomic E-state index is 0.0750. The van der Waals surface area contributed by atoms with Gasteiger partial charge in [-0.25, -0.2) is 4.98 Å². The number of likely N-dealkylation sites (tertiary alicyclic amines) is 1. The van der Waals surface area contributed by atoms with Gasteiger partial charge in [0.05, 0.1) is 9.88 Å². The van der Waals surface area contributed by atoms with Crippen LogP contribution in [0.3, 0.4) is 0 Å². The van der Waals surface area contributed by atoms with Gasteiger partial charge in [-0.3, -0.25) is 4.79 Å². The van der Waals surface area contributed by atoms with Crippen molar-refractivity contribution >= 4 is 23.3 Å². The molecular formula is C25H26N2OS.